The van der Waals surface area contributed by atoms with Crippen molar-refractivity contribution in [1.82, 2.24) is 0 Å². The molecule has 0 aliphatic heterocycles. The van der Waals surface area contributed by atoms with Crippen LogP contribution >= 0.6 is 11.6 Å². The lowest BCUT2D eigenvalue weighted by Crippen LogP contribution is -2.09. The quantitative estimate of drug-likeness (QED) is 0.527. The van der Waals surface area contributed by atoms with Gasteiger partial charge in [-0.3, -0.25) is 0 Å². The molecule has 0 heterocycles. The highest BCUT2D eigenvalue weighted by molar-refractivity contribution is 6.18. The minimum absolute atomic E-state index is 0.163. The second-order valence-corrected chi connectivity index (χ2v) is 5.37. The van der Waals surface area contributed by atoms with E-state index in [0.717, 1.165) is 12.0 Å². The maximum absolute atomic E-state index is 13.2. The zero-order valence-corrected chi connectivity index (χ0v) is 12.2. The number of hydrogen-bond acceptors (Lipinski definition) is 0. The first-order valence-corrected chi connectivity index (χ1v) is 7.56. The van der Waals surface area contributed by atoms with E-state index >= 15 is 0 Å². The molecular formula is C16H24ClF. The largest absolute Gasteiger partial charge is 0.207 e. The Kier molecular flexibility index (Phi) is 7.34. The topological polar surface area (TPSA) is 0 Å². The third-order valence-electron chi connectivity index (χ3n) is 3.67. The zero-order chi connectivity index (χ0) is 13.4. The fourth-order valence-corrected chi connectivity index (χ4v) is 2.74. The Hall–Kier alpha value is -0.560. The maximum atomic E-state index is 13.2. The van der Waals surface area contributed by atoms with E-state index in [2.05, 4.69) is 13.8 Å². The third-order valence-corrected chi connectivity index (χ3v) is 4.04. The summed E-state index contributed by atoms with van der Waals surface area (Å²) in [5.41, 5.74) is 1.04. The molecule has 0 aromatic heterocycles. The van der Waals surface area contributed by atoms with Gasteiger partial charge in [-0.15, -0.1) is 11.6 Å². The van der Waals surface area contributed by atoms with Crippen LogP contribution in [0.2, 0.25) is 0 Å². The van der Waals surface area contributed by atoms with Crippen LogP contribution in [0, 0.1) is 11.7 Å². The summed E-state index contributed by atoms with van der Waals surface area (Å²) in [4.78, 5) is 0. The van der Waals surface area contributed by atoms with Crippen molar-refractivity contribution in [2.75, 3.05) is 5.88 Å². The Morgan fingerprint density at radius 1 is 1.28 bits per heavy atom. The van der Waals surface area contributed by atoms with Crippen molar-refractivity contribution in [1.29, 1.82) is 0 Å². The number of unbranched alkanes of at least 4 members (excludes halogenated alkanes) is 1. The van der Waals surface area contributed by atoms with Gasteiger partial charge in [-0.05, 0) is 36.0 Å². The van der Waals surface area contributed by atoms with Gasteiger partial charge < -0.3 is 0 Å². The number of benzene rings is 1. The Labute approximate surface area is 116 Å². The smallest absolute Gasteiger partial charge is 0.123 e. The molecule has 1 aromatic carbocycles. The average Bonchev–Trinajstić information content (AvgIpc) is 2.39. The molecule has 0 nitrogen and oxygen atoms in total. The lowest BCUT2D eigenvalue weighted by Gasteiger charge is -2.21. The normalized spacial score (nSPS) is 14.4. The molecule has 2 heteroatoms. The lowest BCUT2D eigenvalue weighted by molar-refractivity contribution is 0.395. The van der Waals surface area contributed by atoms with Gasteiger partial charge in [0.25, 0.3) is 0 Å². The molecule has 0 radical (unpaired) electrons. The van der Waals surface area contributed by atoms with Gasteiger partial charge in [0.15, 0.2) is 0 Å². The van der Waals surface area contributed by atoms with Gasteiger partial charge in [0.2, 0.25) is 0 Å². The molecule has 18 heavy (non-hydrogen) atoms. The number of rotatable bonds is 8. The van der Waals surface area contributed by atoms with Crippen LogP contribution in [-0.4, -0.2) is 5.88 Å². The molecular weight excluding hydrogens is 247 g/mol. The molecule has 0 aliphatic rings. The fourth-order valence-electron chi connectivity index (χ4n) is 2.43. The van der Waals surface area contributed by atoms with Crippen LogP contribution in [0.3, 0.4) is 0 Å². The van der Waals surface area contributed by atoms with E-state index in [0.29, 0.717) is 11.8 Å². The maximum Gasteiger partial charge on any atom is 0.123 e. The Morgan fingerprint density at radius 3 is 2.61 bits per heavy atom. The summed E-state index contributed by atoms with van der Waals surface area (Å²) in [6, 6.07) is 6.88. The van der Waals surface area contributed by atoms with Crippen molar-refractivity contribution in [3.8, 4) is 0 Å². The second kappa shape index (κ2) is 8.53. The fraction of sp³-hybridized carbons (Fsp3) is 0.625. The molecule has 102 valence electrons. The van der Waals surface area contributed by atoms with Crippen LogP contribution in [0.5, 0.6) is 0 Å². The Balaban J connectivity index is 2.65. The molecule has 0 N–H and O–H groups in total. The zero-order valence-electron chi connectivity index (χ0n) is 11.5. The molecule has 2 unspecified atom stereocenters. The van der Waals surface area contributed by atoms with Crippen molar-refractivity contribution in [2.24, 2.45) is 5.92 Å². The van der Waals surface area contributed by atoms with Crippen LogP contribution in [0.1, 0.15) is 57.4 Å². The number of alkyl halides is 1. The Bertz CT molecular complexity index is 338. The van der Waals surface area contributed by atoms with Gasteiger partial charge in [0.05, 0.1) is 0 Å². The monoisotopic (exact) mass is 270 g/mol. The van der Waals surface area contributed by atoms with E-state index in [-0.39, 0.29) is 11.7 Å². The van der Waals surface area contributed by atoms with E-state index < -0.39 is 0 Å². The van der Waals surface area contributed by atoms with Crippen LogP contribution in [0.25, 0.3) is 0 Å². The lowest BCUT2D eigenvalue weighted by atomic mass is 9.86. The highest BCUT2D eigenvalue weighted by Gasteiger charge is 2.16. The summed E-state index contributed by atoms with van der Waals surface area (Å²) >= 11 is 6.07. The molecule has 0 amide bonds. The summed E-state index contributed by atoms with van der Waals surface area (Å²) < 4.78 is 13.2. The van der Waals surface area contributed by atoms with Gasteiger partial charge in [0, 0.05) is 5.88 Å². The molecule has 0 fully saturated rings. The van der Waals surface area contributed by atoms with Gasteiger partial charge in [-0.2, -0.15) is 0 Å². The molecule has 0 spiro atoms. The van der Waals surface area contributed by atoms with E-state index in [1.54, 1.807) is 12.1 Å². The summed E-state index contributed by atoms with van der Waals surface area (Å²) in [5.74, 6) is 1.40. The van der Waals surface area contributed by atoms with Crippen LogP contribution in [0.15, 0.2) is 24.3 Å². The van der Waals surface area contributed by atoms with Crippen molar-refractivity contribution in [3.63, 3.8) is 0 Å². The predicted octanol–water partition coefficient (Wildman–Crippen LogP) is 5.75. The van der Waals surface area contributed by atoms with Crippen LogP contribution in [-0.2, 0) is 0 Å². The first-order chi connectivity index (χ1) is 8.71. The van der Waals surface area contributed by atoms with Crippen molar-refractivity contribution >= 4 is 11.6 Å². The molecule has 0 saturated carbocycles. The molecule has 0 aliphatic carbocycles. The summed E-state index contributed by atoms with van der Waals surface area (Å²) in [6.07, 6.45) is 6.03. The molecule has 0 bridgehead atoms. The van der Waals surface area contributed by atoms with Gasteiger partial charge in [-0.1, -0.05) is 51.7 Å². The first-order valence-electron chi connectivity index (χ1n) is 7.02. The van der Waals surface area contributed by atoms with Gasteiger partial charge in [-0.25, -0.2) is 4.39 Å². The summed E-state index contributed by atoms with van der Waals surface area (Å²) in [6.45, 7) is 4.45. The molecule has 1 rings (SSSR count). The van der Waals surface area contributed by atoms with Crippen molar-refractivity contribution in [3.05, 3.63) is 35.6 Å². The van der Waals surface area contributed by atoms with Crippen LogP contribution in [0.4, 0.5) is 4.39 Å². The summed E-state index contributed by atoms with van der Waals surface area (Å²) in [5, 5.41) is 0. The van der Waals surface area contributed by atoms with Crippen molar-refractivity contribution in [2.45, 2.75) is 51.9 Å². The second-order valence-electron chi connectivity index (χ2n) is 5.06. The molecule has 0 saturated heterocycles. The van der Waals surface area contributed by atoms with Gasteiger partial charge >= 0.3 is 0 Å². The number of hydrogen-bond donors (Lipinski definition) is 0. The van der Waals surface area contributed by atoms with E-state index in [9.17, 15) is 4.39 Å². The van der Waals surface area contributed by atoms with Gasteiger partial charge in [0.1, 0.15) is 5.82 Å². The highest BCUT2D eigenvalue weighted by atomic mass is 35.5. The minimum Gasteiger partial charge on any atom is -0.207 e. The van der Waals surface area contributed by atoms with E-state index in [4.69, 9.17) is 11.6 Å². The van der Waals surface area contributed by atoms with Crippen LogP contribution < -0.4 is 0 Å². The Morgan fingerprint density at radius 2 is 2.06 bits per heavy atom. The molecule has 2 atom stereocenters. The first kappa shape index (κ1) is 15.5. The highest BCUT2D eigenvalue weighted by Crippen LogP contribution is 2.29. The summed E-state index contributed by atoms with van der Waals surface area (Å²) in [7, 11) is 0. The van der Waals surface area contributed by atoms with Crippen molar-refractivity contribution < 1.29 is 4.39 Å². The average molecular weight is 271 g/mol. The third kappa shape index (κ3) is 4.97. The molecule has 1 aromatic rings. The SMILES string of the molecule is CCCCC(CC)CC(CCl)c1cccc(F)c1. The minimum atomic E-state index is -0.163. The number of halogens is 2. The van der Waals surface area contributed by atoms with E-state index in [1.165, 1.54) is 31.7 Å². The predicted molar refractivity (Wildman–Crippen MR) is 77.8 cm³/mol. The van der Waals surface area contributed by atoms with E-state index in [1.807, 2.05) is 6.07 Å². The standard InChI is InChI=1S/C16H24ClF/c1-3-5-7-13(4-2)10-15(12-17)14-8-6-9-16(18)11-14/h6,8-9,11,13,15H,3-5,7,10,12H2,1-2H3.